The molecule has 1 aliphatic rings. The van der Waals surface area contributed by atoms with Crippen LogP contribution in [0, 0.1) is 11.8 Å². The first-order valence-electron chi connectivity index (χ1n) is 10.5. The van der Waals surface area contributed by atoms with Crippen molar-refractivity contribution in [3.05, 3.63) is 40.9 Å². The molecule has 0 atom stereocenters. The molecule has 1 heterocycles. The number of rotatable bonds is 9. The first-order chi connectivity index (χ1) is 14.0. The highest BCUT2D eigenvalue weighted by atomic mass is 16.4. The van der Waals surface area contributed by atoms with Gasteiger partial charge in [0.15, 0.2) is 0 Å². The van der Waals surface area contributed by atoms with Gasteiger partial charge in [0.25, 0.3) is 5.56 Å². The maximum Gasteiger partial charge on any atom is 0.303 e. The standard InChI is InChI=1S/C22H29N3O4/c26-20(27)8-2-1-5-13-23-21(28)17-11-9-16(10-12-17)14-25-15-24-19-7-4-3-6-18(19)22(25)29/h3-4,6-7,15-17H,1-2,5,8-14H2,(H,23,28)(H,26,27). The van der Waals surface area contributed by atoms with E-state index < -0.39 is 5.97 Å². The maximum atomic E-state index is 12.6. The number of para-hydroxylation sites is 1. The fourth-order valence-electron chi connectivity index (χ4n) is 4.06. The van der Waals surface area contributed by atoms with E-state index in [2.05, 4.69) is 10.3 Å². The molecule has 2 aromatic rings. The summed E-state index contributed by atoms with van der Waals surface area (Å²) in [5, 5.41) is 12.2. The van der Waals surface area contributed by atoms with Crippen molar-refractivity contribution in [3.8, 4) is 0 Å². The average Bonchev–Trinajstić information content (AvgIpc) is 2.73. The van der Waals surface area contributed by atoms with Gasteiger partial charge < -0.3 is 10.4 Å². The van der Waals surface area contributed by atoms with Crippen molar-refractivity contribution < 1.29 is 14.7 Å². The van der Waals surface area contributed by atoms with Gasteiger partial charge in [0.05, 0.1) is 17.2 Å². The van der Waals surface area contributed by atoms with Crippen LogP contribution in [0.1, 0.15) is 51.4 Å². The highest BCUT2D eigenvalue weighted by molar-refractivity contribution is 5.78. The zero-order valence-electron chi connectivity index (χ0n) is 16.7. The minimum absolute atomic E-state index is 0.00151. The van der Waals surface area contributed by atoms with E-state index in [9.17, 15) is 14.4 Å². The van der Waals surface area contributed by atoms with Crippen molar-refractivity contribution in [1.82, 2.24) is 14.9 Å². The fourth-order valence-corrected chi connectivity index (χ4v) is 4.06. The zero-order valence-corrected chi connectivity index (χ0v) is 16.7. The molecule has 1 saturated carbocycles. The summed E-state index contributed by atoms with van der Waals surface area (Å²) >= 11 is 0. The number of fused-ring (bicyclic) bond motifs is 1. The van der Waals surface area contributed by atoms with Crippen molar-refractivity contribution in [1.29, 1.82) is 0 Å². The predicted molar refractivity (Wildman–Crippen MR) is 111 cm³/mol. The van der Waals surface area contributed by atoms with Crippen LogP contribution in [0.5, 0.6) is 0 Å². The van der Waals surface area contributed by atoms with Gasteiger partial charge in [-0.25, -0.2) is 4.98 Å². The van der Waals surface area contributed by atoms with Crippen LogP contribution in [0.25, 0.3) is 10.9 Å². The Balaban J connectivity index is 1.41. The van der Waals surface area contributed by atoms with Crippen molar-refractivity contribution in [3.63, 3.8) is 0 Å². The van der Waals surface area contributed by atoms with Crippen LogP contribution in [0.3, 0.4) is 0 Å². The molecule has 156 valence electrons. The molecule has 1 amide bonds. The van der Waals surface area contributed by atoms with E-state index in [1.54, 1.807) is 10.9 Å². The quantitative estimate of drug-likeness (QED) is 0.631. The van der Waals surface area contributed by atoms with Gasteiger partial charge in [0.2, 0.25) is 5.91 Å². The lowest BCUT2D eigenvalue weighted by molar-refractivity contribution is -0.137. The first-order valence-corrected chi connectivity index (χ1v) is 10.5. The largest absolute Gasteiger partial charge is 0.481 e. The van der Waals surface area contributed by atoms with Gasteiger partial charge >= 0.3 is 5.97 Å². The lowest BCUT2D eigenvalue weighted by Gasteiger charge is -2.28. The molecular weight excluding hydrogens is 370 g/mol. The normalized spacial score (nSPS) is 19.2. The van der Waals surface area contributed by atoms with Crippen LogP contribution in [0.2, 0.25) is 0 Å². The number of aliphatic carboxylic acids is 1. The molecule has 7 heteroatoms. The zero-order chi connectivity index (χ0) is 20.6. The van der Waals surface area contributed by atoms with Crippen molar-refractivity contribution in [2.45, 2.75) is 57.9 Å². The van der Waals surface area contributed by atoms with E-state index in [-0.39, 0.29) is 23.8 Å². The van der Waals surface area contributed by atoms with Crippen LogP contribution < -0.4 is 10.9 Å². The topological polar surface area (TPSA) is 101 Å². The Bertz CT molecular complexity index is 900. The number of hydrogen-bond donors (Lipinski definition) is 2. The molecule has 1 aromatic heterocycles. The summed E-state index contributed by atoms with van der Waals surface area (Å²) in [4.78, 5) is 39.8. The highest BCUT2D eigenvalue weighted by Crippen LogP contribution is 2.29. The van der Waals surface area contributed by atoms with Gasteiger partial charge in [-0.1, -0.05) is 18.6 Å². The van der Waals surface area contributed by atoms with E-state index in [0.717, 1.165) is 44.0 Å². The third-order valence-corrected chi connectivity index (χ3v) is 5.77. The van der Waals surface area contributed by atoms with Crippen LogP contribution in [-0.4, -0.2) is 33.1 Å². The number of benzene rings is 1. The summed E-state index contributed by atoms with van der Waals surface area (Å²) in [6, 6.07) is 7.38. The summed E-state index contributed by atoms with van der Waals surface area (Å²) in [5.41, 5.74) is 0.718. The van der Waals surface area contributed by atoms with Gasteiger partial charge in [-0.05, 0) is 56.6 Å². The van der Waals surface area contributed by atoms with Gasteiger partial charge in [-0.3, -0.25) is 19.0 Å². The number of hydrogen-bond acceptors (Lipinski definition) is 4. The molecular formula is C22H29N3O4. The third-order valence-electron chi connectivity index (χ3n) is 5.77. The minimum Gasteiger partial charge on any atom is -0.481 e. The second-order valence-electron chi connectivity index (χ2n) is 7.93. The molecule has 0 aliphatic heterocycles. The fraction of sp³-hybridized carbons (Fsp3) is 0.545. The smallest absolute Gasteiger partial charge is 0.303 e. The van der Waals surface area contributed by atoms with E-state index in [0.29, 0.717) is 30.8 Å². The first kappa shape index (κ1) is 21.0. The maximum absolute atomic E-state index is 12.6. The summed E-state index contributed by atoms with van der Waals surface area (Å²) in [7, 11) is 0. The molecule has 1 fully saturated rings. The lowest BCUT2D eigenvalue weighted by Crippen LogP contribution is -2.35. The number of carboxylic acid groups (broad SMARTS) is 1. The van der Waals surface area contributed by atoms with Gasteiger partial charge in [0, 0.05) is 25.4 Å². The number of unbranched alkanes of at least 4 members (excludes halogenated alkanes) is 2. The van der Waals surface area contributed by atoms with E-state index in [1.807, 2.05) is 24.3 Å². The summed E-state index contributed by atoms with van der Waals surface area (Å²) in [5.74, 6) is -0.244. The monoisotopic (exact) mass is 399 g/mol. The van der Waals surface area contributed by atoms with Crippen molar-refractivity contribution in [2.75, 3.05) is 6.54 Å². The SMILES string of the molecule is O=C(O)CCCCCNC(=O)C1CCC(Cn2cnc3ccccc3c2=O)CC1. The average molecular weight is 399 g/mol. The van der Waals surface area contributed by atoms with Crippen LogP contribution in [-0.2, 0) is 16.1 Å². The number of nitrogens with zero attached hydrogens (tertiary/aromatic N) is 2. The molecule has 29 heavy (non-hydrogen) atoms. The Labute approximate surface area is 170 Å². The number of amides is 1. The number of nitrogens with one attached hydrogen (secondary N) is 1. The Morgan fingerprint density at radius 2 is 1.86 bits per heavy atom. The molecule has 0 unspecified atom stereocenters. The molecule has 1 aromatic carbocycles. The van der Waals surface area contributed by atoms with E-state index in [1.165, 1.54) is 0 Å². The number of carbonyl (C=O) groups excluding carboxylic acids is 1. The van der Waals surface area contributed by atoms with Gasteiger partial charge in [-0.15, -0.1) is 0 Å². The predicted octanol–water partition coefficient (Wildman–Crippen LogP) is 2.96. The molecule has 0 saturated heterocycles. The molecule has 0 spiro atoms. The Kier molecular flexibility index (Phi) is 7.38. The molecule has 3 rings (SSSR count). The third kappa shape index (κ3) is 5.89. The van der Waals surface area contributed by atoms with Crippen molar-refractivity contribution in [2.24, 2.45) is 11.8 Å². The molecule has 0 bridgehead atoms. The minimum atomic E-state index is -0.771. The van der Waals surface area contributed by atoms with Crippen LogP contribution >= 0.6 is 0 Å². The Morgan fingerprint density at radius 1 is 1.10 bits per heavy atom. The molecule has 0 radical (unpaired) electrons. The molecule has 7 nitrogen and oxygen atoms in total. The second-order valence-corrected chi connectivity index (χ2v) is 7.93. The van der Waals surface area contributed by atoms with Crippen LogP contribution in [0.15, 0.2) is 35.4 Å². The van der Waals surface area contributed by atoms with Crippen LogP contribution in [0.4, 0.5) is 0 Å². The van der Waals surface area contributed by atoms with E-state index >= 15 is 0 Å². The number of aromatic nitrogens is 2. The number of carboxylic acids is 1. The Morgan fingerprint density at radius 3 is 2.62 bits per heavy atom. The number of carbonyl (C=O) groups is 2. The second kappa shape index (κ2) is 10.2. The molecule has 1 aliphatic carbocycles. The van der Waals surface area contributed by atoms with Gasteiger partial charge in [0.1, 0.15) is 0 Å². The Hall–Kier alpha value is -2.70. The van der Waals surface area contributed by atoms with E-state index in [4.69, 9.17) is 5.11 Å². The van der Waals surface area contributed by atoms with Crippen molar-refractivity contribution >= 4 is 22.8 Å². The summed E-state index contributed by atoms with van der Waals surface area (Å²) in [6.07, 6.45) is 7.63. The highest BCUT2D eigenvalue weighted by Gasteiger charge is 2.26. The summed E-state index contributed by atoms with van der Waals surface area (Å²) in [6.45, 7) is 1.26. The summed E-state index contributed by atoms with van der Waals surface area (Å²) < 4.78 is 1.70. The lowest BCUT2D eigenvalue weighted by atomic mass is 9.81. The molecule has 2 N–H and O–H groups in total. The van der Waals surface area contributed by atoms with Gasteiger partial charge in [-0.2, -0.15) is 0 Å².